The first-order chi connectivity index (χ1) is 15.7. The minimum atomic E-state index is -0.674. The minimum Gasteiger partial charge on any atom is -0.430 e. The first-order valence-corrected chi connectivity index (χ1v) is 10.8. The highest BCUT2D eigenvalue weighted by Gasteiger charge is 2.22. The summed E-state index contributed by atoms with van der Waals surface area (Å²) in [7, 11) is 0. The summed E-state index contributed by atoms with van der Waals surface area (Å²) in [6.07, 6.45) is 0. The molecule has 2 heterocycles. The summed E-state index contributed by atoms with van der Waals surface area (Å²) in [5, 5.41) is 17.7. The van der Waals surface area contributed by atoms with E-state index in [1.807, 2.05) is 51.1 Å². The van der Waals surface area contributed by atoms with Gasteiger partial charge >= 0.3 is 11.2 Å². The number of amides is 2. The molecule has 0 radical (unpaired) electrons. The van der Waals surface area contributed by atoms with E-state index in [4.69, 9.17) is 10.5 Å². The molecule has 4 N–H and O–H groups in total. The molecule has 2 amide bonds. The Morgan fingerprint density at radius 1 is 1.09 bits per heavy atom. The Kier molecular flexibility index (Phi) is 5.97. The summed E-state index contributed by atoms with van der Waals surface area (Å²) in [6, 6.07) is 14.6. The molecule has 0 saturated heterocycles. The Balaban J connectivity index is 1.51. The van der Waals surface area contributed by atoms with Gasteiger partial charge in [-0.25, -0.2) is 13.9 Å². The molecular weight excluding hydrogens is 445 g/mol. The second-order valence-corrected chi connectivity index (χ2v) is 9.11. The summed E-state index contributed by atoms with van der Waals surface area (Å²) in [6.45, 7) is 6.09. The van der Waals surface area contributed by atoms with Crippen molar-refractivity contribution in [2.24, 2.45) is 0 Å². The lowest BCUT2D eigenvalue weighted by atomic mass is 9.92. The molecule has 0 aliphatic rings. The van der Waals surface area contributed by atoms with E-state index in [1.165, 1.54) is 12.1 Å². The lowest BCUT2D eigenvalue weighted by Gasteiger charge is -2.14. The fourth-order valence-corrected chi connectivity index (χ4v) is 3.38. The number of nitrogens with zero attached hydrogens (tertiary/aromatic N) is 4. The monoisotopic (exact) mass is 467 g/mol. The van der Waals surface area contributed by atoms with E-state index in [0.29, 0.717) is 5.82 Å². The number of para-hydroxylation sites is 1. The number of carbonyl (C=O) groups is 1. The molecule has 0 aliphatic heterocycles. The van der Waals surface area contributed by atoms with E-state index < -0.39 is 11.8 Å². The van der Waals surface area contributed by atoms with Gasteiger partial charge in [-0.1, -0.05) is 44.1 Å². The van der Waals surface area contributed by atoms with E-state index in [1.54, 1.807) is 10.7 Å². The molecule has 4 rings (SSSR count). The largest absolute Gasteiger partial charge is 0.430 e. The van der Waals surface area contributed by atoms with Gasteiger partial charge in [0.25, 0.3) is 0 Å². The molecular formula is C22H22FN7O2S. The second-order valence-electron chi connectivity index (χ2n) is 8.14. The maximum absolute atomic E-state index is 14.6. The Hall–Kier alpha value is -3.99. The quantitative estimate of drug-likeness (QED) is 0.372. The van der Waals surface area contributed by atoms with Crippen molar-refractivity contribution >= 4 is 34.0 Å². The van der Waals surface area contributed by atoms with Gasteiger partial charge in [-0.2, -0.15) is 5.10 Å². The Morgan fingerprint density at radius 2 is 1.85 bits per heavy atom. The van der Waals surface area contributed by atoms with Crippen molar-refractivity contribution in [3.8, 4) is 16.6 Å². The predicted molar refractivity (Wildman–Crippen MR) is 126 cm³/mol. The average Bonchev–Trinajstić information content (AvgIpc) is 3.37. The third-order valence-corrected chi connectivity index (χ3v) is 5.17. The van der Waals surface area contributed by atoms with Crippen molar-refractivity contribution < 1.29 is 13.9 Å². The van der Waals surface area contributed by atoms with Crippen LogP contribution in [0.1, 0.15) is 26.5 Å². The maximum Gasteiger partial charge on any atom is 0.324 e. The number of anilines is 3. The first-order valence-electron chi connectivity index (χ1n) is 9.99. The van der Waals surface area contributed by atoms with Crippen LogP contribution in [0.3, 0.4) is 0 Å². The molecule has 170 valence electrons. The second kappa shape index (κ2) is 8.87. The molecule has 2 aromatic carbocycles. The summed E-state index contributed by atoms with van der Waals surface area (Å²) < 4.78 is 21.6. The predicted octanol–water partition coefficient (Wildman–Crippen LogP) is 5.18. The number of benzene rings is 2. The number of nitrogens with two attached hydrogens (primary N) is 1. The molecule has 33 heavy (non-hydrogen) atoms. The maximum atomic E-state index is 14.6. The van der Waals surface area contributed by atoms with Crippen molar-refractivity contribution in [1.29, 1.82) is 0 Å². The Morgan fingerprint density at radius 3 is 2.48 bits per heavy atom. The zero-order chi connectivity index (χ0) is 23.6. The van der Waals surface area contributed by atoms with Crippen LogP contribution in [0.2, 0.25) is 0 Å². The van der Waals surface area contributed by atoms with Crippen LogP contribution in [0.15, 0.2) is 54.6 Å². The van der Waals surface area contributed by atoms with Crippen molar-refractivity contribution in [2.45, 2.75) is 26.2 Å². The van der Waals surface area contributed by atoms with Gasteiger partial charge in [0.1, 0.15) is 17.4 Å². The summed E-state index contributed by atoms with van der Waals surface area (Å²) in [4.78, 5) is 12.7. The third-order valence-electron chi connectivity index (χ3n) is 4.54. The fraction of sp³-hybridized carbons (Fsp3) is 0.182. The first kappa shape index (κ1) is 22.2. The summed E-state index contributed by atoms with van der Waals surface area (Å²) >= 11 is 1.03. The fourth-order valence-electron chi connectivity index (χ4n) is 2.90. The highest BCUT2D eigenvalue weighted by molar-refractivity contribution is 7.16. The van der Waals surface area contributed by atoms with Gasteiger partial charge < -0.3 is 15.8 Å². The molecule has 0 spiro atoms. The van der Waals surface area contributed by atoms with Crippen LogP contribution in [0.4, 0.5) is 25.8 Å². The zero-order valence-electron chi connectivity index (χ0n) is 18.2. The van der Waals surface area contributed by atoms with Crippen LogP contribution < -0.4 is 21.1 Å². The average molecular weight is 468 g/mol. The highest BCUT2D eigenvalue weighted by atomic mass is 32.1. The Labute approximate surface area is 193 Å². The Bertz CT molecular complexity index is 1280. The number of nitrogens with one attached hydrogen (secondary N) is 2. The number of nitrogen functional groups attached to an aromatic ring is 1. The van der Waals surface area contributed by atoms with E-state index in [9.17, 15) is 9.18 Å². The van der Waals surface area contributed by atoms with Crippen LogP contribution in [0, 0.1) is 5.82 Å². The number of ether oxygens (including phenoxy) is 1. The smallest absolute Gasteiger partial charge is 0.324 e. The van der Waals surface area contributed by atoms with Gasteiger partial charge in [0.15, 0.2) is 0 Å². The molecule has 11 heteroatoms. The van der Waals surface area contributed by atoms with Crippen molar-refractivity contribution in [3.63, 3.8) is 0 Å². The van der Waals surface area contributed by atoms with Crippen LogP contribution in [-0.2, 0) is 5.41 Å². The molecule has 0 atom stereocenters. The van der Waals surface area contributed by atoms with Crippen molar-refractivity contribution in [3.05, 3.63) is 66.1 Å². The SMILES string of the molecule is CC(C)(C)c1cc(NC(=O)Nc2ccc(Oc3nnc(N)s3)cc2F)n(-c2ccccc2)n1. The number of aromatic nitrogens is 4. The van der Waals surface area contributed by atoms with Gasteiger partial charge in [0.2, 0.25) is 5.13 Å². The lowest BCUT2D eigenvalue weighted by molar-refractivity contribution is 0.262. The van der Waals surface area contributed by atoms with Crippen LogP contribution >= 0.6 is 11.3 Å². The number of rotatable bonds is 5. The van der Waals surface area contributed by atoms with Crippen molar-refractivity contribution in [2.75, 3.05) is 16.4 Å². The normalized spacial score (nSPS) is 11.3. The van der Waals surface area contributed by atoms with E-state index in [-0.39, 0.29) is 27.2 Å². The molecule has 0 fully saturated rings. The van der Waals surface area contributed by atoms with E-state index in [2.05, 4.69) is 25.9 Å². The van der Waals surface area contributed by atoms with Gasteiger partial charge in [-0.15, -0.1) is 5.10 Å². The number of urea groups is 1. The highest BCUT2D eigenvalue weighted by Crippen LogP contribution is 2.29. The topological polar surface area (TPSA) is 120 Å². The molecule has 4 aromatic rings. The molecule has 9 nitrogen and oxygen atoms in total. The van der Waals surface area contributed by atoms with Crippen LogP contribution in [-0.4, -0.2) is 26.0 Å². The molecule has 0 bridgehead atoms. The molecule has 0 saturated carbocycles. The third kappa shape index (κ3) is 5.26. The van der Waals surface area contributed by atoms with Gasteiger partial charge in [-0.05, 0) is 35.6 Å². The molecule has 2 aromatic heterocycles. The van der Waals surface area contributed by atoms with E-state index in [0.717, 1.165) is 28.8 Å². The van der Waals surface area contributed by atoms with Gasteiger partial charge in [-0.3, -0.25) is 5.32 Å². The molecule has 0 unspecified atom stereocenters. The standard InChI is InChI=1S/C22H22FN7O2S/c1-22(2,3)17-12-18(30(29-17)13-7-5-4-6-8-13)26-20(31)25-16-10-9-14(11-15(16)23)32-21-28-27-19(24)33-21/h4-12H,1-3H3,(H2,24,27)(H2,25,26,31). The van der Waals surface area contributed by atoms with Gasteiger partial charge in [0.05, 0.1) is 17.1 Å². The lowest BCUT2D eigenvalue weighted by Crippen LogP contribution is -2.21. The number of halogens is 1. The summed E-state index contributed by atoms with van der Waals surface area (Å²) in [5.74, 6) is -0.0171. The van der Waals surface area contributed by atoms with E-state index >= 15 is 0 Å². The number of hydrogen-bond donors (Lipinski definition) is 3. The van der Waals surface area contributed by atoms with Crippen LogP contribution in [0.25, 0.3) is 5.69 Å². The minimum absolute atomic E-state index is 0.0153. The van der Waals surface area contributed by atoms with Crippen molar-refractivity contribution in [1.82, 2.24) is 20.0 Å². The zero-order valence-corrected chi connectivity index (χ0v) is 19.0. The molecule has 0 aliphatic carbocycles. The summed E-state index contributed by atoms with van der Waals surface area (Å²) in [5.41, 5.74) is 6.85. The number of hydrogen-bond acceptors (Lipinski definition) is 7. The van der Waals surface area contributed by atoms with Gasteiger partial charge in [0, 0.05) is 17.5 Å². The number of carbonyl (C=O) groups excluding carboxylic acids is 1. The van der Waals surface area contributed by atoms with Crippen LogP contribution in [0.5, 0.6) is 10.9 Å².